The summed E-state index contributed by atoms with van der Waals surface area (Å²) in [5.41, 5.74) is 0. The number of amides is 1. The highest BCUT2D eigenvalue weighted by molar-refractivity contribution is 6.29. The maximum absolute atomic E-state index is 12.6. The minimum absolute atomic E-state index is 0.293. The molecular weight excluding hydrogens is 350 g/mol. The van der Waals surface area contributed by atoms with E-state index < -0.39 is 0 Å². The highest BCUT2D eigenvalue weighted by atomic mass is 35.5. The van der Waals surface area contributed by atoms with Crippen LogP contribution in [0.15, 0.2) is 6.07 Å². The molecule has 0 N–H and O–H groups in total. The van der Waals surface area contributed by atoms with Crippen molar-refractivity contribution in [2.45, 2.75) is 44.4 Å². The number of rotatable bonds is 4. The molecule has 0 atom stereocenters. The summed E-state index contributed by atoms with van der Waals surface area (Å²) in [6, 6.07) is 1.87. The Hall–Kier alpha value is -1.40. The fourth-order valence-corrected chi connectivity index (χ4v) is 4.04. The zero-order valence-corrected chi connectivity index (χ0v) is 16.1. The van der Waals surface area contributed by atoms with Crippen molar-refractivity contribution in [2.24, 2.45) is 0 Å². The van der Waals surface area contributed by atoms with Crippen LogP contribution >= 0.6 is 11.6 Å². The third-order valence-corrected chi connectivity index (χ3v) is 5.85. The SMILES string of the molecule is O=C(CN1CCN(c2cc(Cl)nc(C3CC3)n2)CC1)N1CCCCCC1. The second-order valence-corrected chi connectivity index (χ2v) is 8.13. The molecule has 0 aromatic carbocycles. The molecule has 0 radical (unpaired) electrons. The normalized spacial score (nSPS) is 22.3. The summed E-state index contributed by atoms with van der Waals surface area (Å²) in [6.07, 6.45) is 7.16. The van der Waals surface area contributed by atoms with Crippen LogP contribution in [0, 0.1) is 0 Å². The van der Waals surface area contributed by atoms with Crippen molar-refractivity contribution >= 4 is 23.3 Å². The van der Waals surface area contributed by atoms with Crippen LogP contribution in [0.25, 0.3) is 0 Å². The van der Waals surface area contributed by atoms with Gasteiger partial charge in [-0.25, -0.2) is 9.97 Å². The molecule has 1 amide bonds. The molecule has 142 valence electrons. The maximum atomic E-state index is 12.6. The minimum Gasteiger partial charge on any atom is -0.354 e. The Kier molecular flexibility index (Phi) is 5.60. The van der Waals surface area contributed by atoms with Gasteiger partial charge in [0.2, 0.25) is 5.91 Å². The number of carbonyl (C=O) groups is 1. The molecule has 2 saturated heterocycles. The molecule has 26 heavy (non-hydrogen) atoms. The van der Waals surface area contributed by atoms with Crippen LogP contribution in [0.3, 0.4) is 0 Å². The van der Waals surface area contributed by atoms with Gasteiger partial charge in [-0.3, -0.25) is 9.69 Å². The fourth-order valence-electron chi connectivity index (χ4n) is 3.86. The van der Waals surface area contributed by atoms with E-state index in [-0.39, 0.29) is 0 Å². The molecule has 2 aliphatic heterocycles. The van der Waals surface area contributed by atoms with Crippen LogP contribution in [0.2, 0.25) is 5.15 Å². The molecule has 1 aromatic heterocycles. The molecule has 3 heterocycles. The summed E-state index contributed by atoms with van der Waals surface area (Å²) >= 11 is 6.20. The Balaban J connectivity index is 1.30. The van der Waals surface area contributed by atoms with E-state index in [4.69, 9.17) is 16.6 Å². The first-order valence-corrected chi connectivity index (χ1v) is 10.4. The van der Waals surface area contributed by atoms with Crippen LogP contribution in [0.4, 0.5) is 5.82 Å². The number of hydrogen-bond acceptors (Lipinski definition) is 5. The molecule has 0 spiro atoms. The Bertz CT molecular complexity index is 635. The van der Waals surface area contributed by atoms with Crippen LogP contribution in [0.1, 0.15) is 50.3 Å². The Morgan fingerprint density at radius 2 is 1.69 bits per heavy atom. The van der Waals surface area contributed by atoms with E-state index in [1.807, 2.05) is 6.07 Å². The van der Waals surface area contributed by atoms with E-state index in [0.29, 0.717) is 23.5 Å². The highest BCUT2D eigenvalue weighted by Crippen LogP contribution is 2.39. The van der Waals surface area contributed by atoms with Crippen molar-refractivity contribution in [3.8, 4) is 0 Å². The second kappa shape index (κ2) is 8.09. The molecule has 4 rings (SSSR count). The van der Waals surface area contributed by atoms with Crippen LogP contribution in [-0.2, 0) is 4.79 Å². The van der Waals surface area contributed by atoms with Crippen molar-refractivity contribution in [1.82, 2.24) is 19.8 Å². The van der Waals surface area contributed by atoms with E-state index in [1.54, 1.807) is 0 Å². The van der Waals surface area contributed by atoms with Crippen molar-refractivity contribution in [1.29, 1.82) is 0 Å². The fraction of sp³-hybridized carbons (Fsp3) is 0.737. The number of carbonyl (C=O) groups excluding carboxylic acids is 1. The number of anilines is 1. The van der Waals surface area contributed by atoms with Gasteiger partial charge >= 0.3 is 0 Å². The van der Waals surface area contributed by atoms with E-state index in [0.717, 1.165) is 63.8 Å². The van der Waals surface area contributed by atoms with Gasteiger partial charge in [0.25, 0.3) is 0 Å². The molecular formula is C19H28ClN5O. The quantitative estimate of drug-likeness (QED) is 0.755. The van der Waals surface area contributed by atoms with Crippen molar-refractivity contribution < 1.29 is 4.79 Å². The van der Waals surface area contributed by atoms with Gasteiger partial charge in [0.1, 0.15) is 16.8 Å². The van der Waals surface area contributed by atoms with Gasteiger partial charge in [-0.15, -0.1) is 0 Å². The minimum atomic E-state index is 0.293. The lowest BCUT2D eigenvalue weighted by Crippen LogP contribution is -2.50. The number of aromatic nitrogens is 2. The monoisotopic (exact) mass is 377 g/mol. The summed E-state index contributed by atoms with van der Waals surface area (Å²) in [5, 5.41) is 0.538. The Morgan fingerprint density at radius 1 is 1.00 bits per heavy atom. The van der Waals surface area contributed by atoms with Gasteiger partial charge in [0.05, 0.1) is 6.54 Å². The highest BCUT2D eigenvalue weighted by Gasteiger charge is 2.29. The summed E-state index contributed by atoms with van der Waals surface area (Å²) in [6.45, 7) is 5.95. The number of hydrogen-bond donors (Lipinski definition) is 0. The number of nitrogens with zero attached hydrogens (tertiary/aromatic N) is 5. The van der Waals surface area contributed by atoms with Gasteiger partial charge in [0, 0.05) is 51.3 Å². The van der Waals surface area contributed by atoms with Crippen LogP contribution in [-0.4, -0.2) is 71.5 Å². The molecule has 7 heteroatoms. The number of likely N-dealkylation sites (tertiary alicyclic amines) is 1. The van der Waals surface area contributed by atoms with E-state index in [2.05, 4.69) is 19.7 Å². The van der Waals surface area contributed by atoms with E-state index in [9.17, 15) is 4.79 Å². The van der Waals surface area contributed by atoms with Crippen molar-refractivity contribution in [3.05, 3.63) is 17.0 Å². The smallest absolute Gasteiger partial charge is 0.236 e. The van der Waals surface area contributed by atoms with Gasteiger partial charge in [-0.1, -0.05) is 24.4 Å². The molecule has 1 aromatic rings. The zero-order valence-electron chi connectivity index (χ0n) is 15.4. The Labute approximate surface area is 160 Å². The molecule has 1 aliphatic carbocycles. The molecule has 6 nitrogen and oxygen atoms in total. The molecule has 1 saturated carbocycles. The van der Waals surface area contributed by atoms with Crippen molar-refractivity contribution in [3.63, 3.8) is 0 Å². The largest absolute Gasteiger partial charge is 0.354 e. The summed E-state index contributed by atoms with van der Waals surface area (Å²) in [4.78, 5) is 28.3. The number of piperazine rings is 1. The summed E-state index contributed by atoms with van der Waals surface area (Å²) < 4.78 is 0. The third kappa shape index (κ3) is 4.46. The third-order valence-electron chi connectivity index (χ3n) is 5.66. The average Bonchev–Trinajstić information content (AvgIpc) is 3.48. The van der Waals surface area contributed by atoms with Crippen LogP contribution in [0.5, 0.6) is 0 Å². The second-order valence-electron chi connectivity index (χ2n) is 7.74. The molecule has 3 aliphatic rings. The lowest BCUT2D eigenvalue weighted by Gasteiger charge is -2.36. The first-order valence-electron chi connectivity index (χ1n) is 9.98. The first-order chi connectivity index (χ1) is 12.7. The Morgan fingerprint density at radius 3 is 2.35 bits per heavy atom. The standard InChI is InChI=1S/C19H28ClN5O/c20-16-13-17(22-19(21-16)15-5-6-15)24-11-9-23(10-12-24)14-18(26)25-7-3-1-2-4-8-25/h13,15H,1-12,14H2. The molecule has 3 fully saturated rings. The number of halogens is 1. The van der Waals surface area contributed by atoms with Crippen LogP contribution < -0.4 is 4.90 Å². The average molecular weight is 378 g/mol. The summed E-state index contributed by atoms with van der Waals surface area (Å²) in [5.74, 6) is 2.62. The van der Waals surface area contributed by atoms with Gasteiger partial charge in [-0.2, -0.15) is 0 Å². The van der Waals surface area contributed by atoms with Gasteiger partial charge in [0.15, 0.2) is 0 Å². The summed E-state index contributed by atoms with van der Waals surface area (Å²) in [7, 11) is 0. The predicted octanol–water partition coefficient (Wildman–Crippen LogP) is 2.53. The van der Waals surface area contributed by atoms with E-state index >= 15 is 0 Å². The lowest BCUT2D eigenvalue weighted by molar-refractivity contribution is -0.132. The zero-order chi connectivity index (χ0) is 17.9. The molecule has 0 bridgehead atoms. The first kappa shape index (κ1) is 18.0. The predicted molar refractivity (Wildman–Crippen MR) is 103 cm³/mol. The van der Waals surface area contributed by atoms with Crippen molar-refractivity contribution in [2.75, 3.05) is 50.7 Å². The van der Waals surface area contributed by atoms with E-state index in [1.165, 1.54) is 25.7 Å². The van der Waals surface area contributed by atoms with Gasteiger partial charge < -0.3 is 9.80 Å². The molecule has 0 unspecified atom stereocenters. The topological polar surface area (TPSA) is 52.6 Å². The van der Waals surface area contributed by atoms with Gasteiger partial charge in [-0.05, 0) is 25.7 Å². The maximum Gasteiger partial charge on any atom is 0.236 e. The lowest BCUT2D eigenvalue weighted by atomic mass is 10.2.